The van der Waals surface area contributed by atoms with Gasteiger partial charge in [-0.15, -0.1) is 12.4 Å². The lowest BCUT2D eigenvalue weighted by atomic mass is 9.89. The number of carbonyl (C=O) groups is 1. The first-order chi connectivity index (χ1) is 9.31. The van der Waals surface area contributed by atoms with Gasteiger partial charge in [-0.2, -0.15) is 0 Å². The predicted molar refractivity (Wildman–Crippen MR) is 86.3 cm³/mol. The van der Waals surface area contributed by atoms with Crippen LogP contribution in [0.1, 0.15) is 57.8 Å². The lowest BCUT2D eigenvalue weighted by molar-refractivity contribution is -0.138. The van der Waals surface area contributed by atoms with Gasteiger partial charge in [0.15, 0.2) is 0 Å². The van der Waals surface area contributed by atoms with Crippen LogP contribution in [-0.2, 0) is 4.79 Å². The molecule has 0 spiro atoms. The summed E-state index contributed by atoms with van der Waals surface area (Å²) in [6.45, 7) is 3.03. The zero-order valence-electron chi connectivity index (χ0n) is 12.9. The predicted octanol–water partition coefficient (Wildman–Crippen LogP) is 3.23. The molecule has 0 radical (unpaired) electrons. The highest BCUT2D eigenvalue weighted by Crippen LogP contribution is 2.26. The topological polar surface area (TPSA) is 32.3 Å². The van der Waals surface area contributed by atoms with E-state index in [1.807, 2.05) is 7.05 Å². The zero-order valence-corrected chi connectivity index (χ0v) is 13.7. The maximum Gasteiger partial charge on any atom is 0.225 e. The van der Waals surface area contributed by atoms with Crippen LogP contribution in [0, 0.1) is 11.8 Å². The lowest BCUT2D eigenvalue weighted by Crippen LogP contribution is -2.45. The van der Waals surface area contributed by atoms with Gasteiger partial charge in [0.25, 0.3) is 0 Å². The summed E-state index contributed by atoms with van der Waals surface area (Å²) in [5, 5.41) is 3.26. The van der Waals surface area contributed by atoms with Crippen LogP contribution in [0.25, 0.3) is 0 Å². The Morgan fingerprint density at radius 3 is 2.35 bits per heavy atom. The number of nitrogens with zero attached hydrogens (tertiary/aromatic N) is 1. The van der Waals surface area contributed by atoms with Crippen molar-refractivity contribution in [2.75, 3.05) is 26.7 Å². The molecule has 20 heavy (non-hydrogen) atoms. The van der Waals surface area contributed by atoms with E-state index in [1.54, 1.807) is 0 Å². The van der Waals surface area contributed by atoms with Crippen LogP contribution >= 0.6 is 12.4 Å². The molecule has 1 amide bonds. The van der Waals surface area contributed by atoms with Gasteiger partial charge in [-0.1, -0.05) is 32.1 Å². The number of likely N-dealkylation sites (tertiary alicyclic amines) is 1. The van der Waals surface area contributed by atoms with Gasteiger partial charge in [0.05, 0.1) is 0 Å². The number of rotatable bonds is 3. The third-order valence-electron chi connectivity index (χ3n) is 4.78. The van der Waals surface area contributed by atoms with Gasteiger partial charge in [-0.05, 0) is 45.2 Å². The first-order valence-corrected chi connectivity index (χ1v) is 8.24. The fraction of sp³-hybridized carbons (Fsp3) is 0.938. The van der Waals surface area contributed by atoms with Gasteiger partial charge in [-0.25, -0.2) is 0 Å². The summed E-state index contributed by atoms with van der Waals surface area (Å²) in [7, 11) is 2.01. The number of carbonyl (C=O) groups excluding carboxylic acids is 1. The maximum absolute atomic E-state index is 12.7. The summed E-state index contributed by atoms with van der Waals surface area (Å²) in [6.07, 6.45) is 11.2. The second-order valence-corrected chi connectivity index (χ2v) is 6.39. The molecule has 2 aliphatic rings. The van der Waals surface area contributed by atoms with Crippen LogP contribution in [0.2, 0.25) is 0 Å². The van der Waals surface area contributed by atoms with Gasteiger partial charge < -0.3 is 10.2 Å². The SMILES string of the molecule is CNCC1CCCN(C(=O)C2CCCCCCC2)C1.Cl. The molecule has 1 aliphatic carbocycles. The summed E-state index contributed by atoms with van der Waals surface area (Å²) in [4.78, 5) is 14.8. The molecule has 1 atom stereocenters. The highest BCUT2D eigenvalue weighted by atomic mass is 35.5. The average molecular weight is 303 g/mol. The van der Waals surface area contributed by atoms with Gasteiger partial charge in [0.2, 0.25) is 5.91 Å². The molecule has 118 valence electrons. The van der Waals surface area contributed by atoms with Crippen LogP contribution in [0.5, 0.6) is 0 Å². The Kier molecular flexibility index (Phi) is 8.55. The van der Waals surface area contributed by atoms with Gasteiger partial charge in [0, 0.05) is 19.0 Å². The van der Waals surface area contributed by atoms with Gasteiger partial charge in [-0.3, -0.25) is 4.79 Å². The van der Waals surface area contributed by atoms with Crippen molar-refractivity contribution >= 4 is 18.3 Å². The van der Waals surface area contributed by atoms with Crippen LogP contribution in [-0.4, -0.2) is 37.5 Å². The van der Waals surface area contributed by atoms with E-state index in [0.717, 1.165) is 32.5 Å². The highest BCUT2D eigenvalue weighted by Gasteiger charge is 2.28. The molecule has 1 saturated heterocycles. The van der Waals surface area contributed by atoms with Crippen LogP contribution in [0.15, 0.2) is 0 Å². The largest absolute Gasteiger partial charge is 0.342 e. The van der Waals surface area contributed by atoms with E-state index in [9.17, 15) is 4.79 Å². The van der Waals surface area contributed by atoms with Crippen molar-refractivity contribution in [2.24, 2.45) is 11.8 Å². The maximum atomic E-state index is 12.7. The number of amides is 1. The van der Waals surface area contributed by atoms with Crippen molar-refractivity contribution in [1.82, 2.24) is 10.2 Å². The molecule has 0 aromatic rings. The van der Waals surface area contributed by atoms with Crippen molar-refractivity contribution in [2.45, 2.75) is 57.8 Å². The van der Waals surface area contributed by atoms with E-state index in [2.05, 4.69) is 10.2 Å². The standard InChI is InChI=1S/C16H30N2O.ClH/c1-17-12-14-8-7-11-18(13-14)16(19)15-9-5-3-2-4-6-10-15;/h14-15,17H,2-13H2,1H3;1H. The van der Waals surface area contributed by atoms with Crippen molar-refractivity contribution in [3.63, 3.8) is 0 Å². The minimum atomic E-state index is 0. The first-order valence-electron chi connectivity index (χ1n) is 8.24. The van der Waals surface area contributed by atoms with Crippen molar-refractivity contribution in [1.29, 1.82) is 0 Å². The Labute approximate surface area is 130 Å². The Morgan fingerprint density at radius 2 is 1.70 bits per heavy atom. The Morgan fingerprint density at radius 1 is 1.05 bits per heavy atom. The van der Waals surface area contributed by atoms with Crippen LogP contribution in [0.3, 0.4) is 0 Å². The van der Waals surface area contributed by atoms with E-state index in [1.165, 1.54) is 44.9 Å². The van der Waals surface area contributed by atoms with Gasteiger partial charge >= 0.3 is 0 Å². The fourth-order valence-corrected chi connectivity index (χ4v) is 3.68. The van der Waals surface area contributed by atoms with E-state index < -0.39 is 0 Å². The van der Waals surface area contributed by atoms with Crippen LogP contribution < -0.4 is 5.32 Å². The number of nitrogens with one attached hydrogen (secondary N) is 1. The smallest absolute Gasteiger partial charge is 0.225 e. The van der Waals surface area contributed by atoms with E-state index in [-0.39, 0.29) is 12.4 Å². The second-order valence-electron chi connectivity index (χ2n) is 6.39. The highest BCUT2D eigenvalue weighted by molar-refractivity contribution is 5.85. The summed E-state index contributed by atoms with van der Waals surface area (Å²) < 4.78 is 0. The molecular formula is C16H31ClN2O. The van der Waals surface area contributed by atoms with E-state index in [0.29, 0.717) is 17.7 Å². The van der Waals surface area contributed by atoms with Crippen molar-refractivity contribution in [3.8, 4) is 0 Å². The minimum Gasteiger partial charge on any atom is -0.342 e. The molecule has 2 fully saturated rings. The molecule has 0 aromatic carbocycles. The third kappa shape index (κ3) is 5.25. The molecule has 1 N–H and O–H groups in total. The quantitative estimate of drug-likeness (QED) is 0.868. The molecule has 2 rings (SSSR count). The van der Waals surface area contributed by atoms with Gasteiger partial charge in [0.1, 0.15) is 0 Å². The van der Waals surface area contributed by atoms with E-state index in [4.69, 9.17) is 0 Å². The molecule has 0 aromatic heterocycles. The molecule has 1 aliphatic heterocycles. The summed E-state index contributed by atoms with van der Waals surface area (Å²) >= 11 is 0. The number of hydrogen-bond donors (Lipinski definition) is 1. The lowest BCUT2D eigenvalue weighted by Gasteiger charge is -2.35. The first kappa shape index (κ1) is 17.8. The molecule has 4 heteroatoms. The molecule has 3 nitrogen and oxygen atoms in total. The summed E-state index contributed by atoms with van der Waals surface area (Å²) in [6, 6.07) is 0. The fourth-order valence-electron chi connectivity index (χ4n) is 3.68. The number of piperidine rings is 1. The third-order valence-corrected chi connectivity index (χ3v) is 4.78. The summed E-state index contributed by atoms with van der Waals surface area (Å²) in [5.74, 6) is 1.45. The Balaban J connectivity index is 0.00000200. The second kappa shape index (κ2) is 9.62. The van der Waals surface area contributed by atoms with E-state index >= 15 is 0 Å². The number of hydrogen-bond acceptors (Lipinski definition) is 2. The molecule has 1 unspecified atom stereocenters. The molecule has 0 bridgehead atoms. The zero-order chi connectivity index (χ0) is 13.5. The Bertz CT molecular complexity index is 276. The Hall–Kier alpha value is -0.280. The van der Waals surface area contributed by atoms with Crippen LogP contribution in [0.4, 0.5) is 0 Å². The normalized spacial score (nSPS) is 25.4. The molecule has 1 saturated carbocycles. The van der Waals surface area contributed by atoms with Crippen molar-refractivity contribution < 1.29 is 4.79 Å². The molecule has 1 heterocycles. The average Bonchev–Trinajstić information content (AvgIpc) is 2.38. The minimum absolute atomic E-state index is 0. The summed E-state index contributed by atoms with van der Waals surface area (Å²) in [5.41, 5.74) is 0. The monoisotopic (exact) mass is 302 g/mol. The van der Waals surface area contributed by atoms with Crippen molar-refractivity contribution in [3.05, 3.63) is 0 Å². The number of halogens is 1. The molecular weight excluding hydrogens is 272 g/mol.